The van der Waals surface area contributed by atoms with Gasteiger partial charge < -0.3 is 4.74 Å². The van der Waals surface area contributed by atoms with Gasteiger partial charge in [-0.15, -0.1) is 0 Å². The number of benzene rings is 1. The summed E-state index contributed by atoms with van der Waals surface area (Å²) >= 11 is 0. The standard InChI is InChI=1S/C14H23NO3S/c1-5-9-18-14-8-7-13(10-11(14)3)19(16,17)15-12(4)6-2/h7-8,10,12,15H,5-6,9H2,1-4H3/t12-/m0/s1. The normalized spacial score (nSPS) is 13.3. The Kier molecular flexibility index (Phi) is 5.82. The van der Waals surface area contributed by atoms with Gasteiger partial charge >= 0.3 is 0 Å². The van der Waals surface area contributed by atoms with Crippen LogP contribution in [0.5, 0.6) is 5.75 Å². The van der Waals surface area contributed by atoms with Crippen LogP contribution in [-0.2, 0) is 10.0 Å². The molecule has 0 aliphatic heterocycles. The molecule has 0 bridgehead atoms. The minimum Gasteiger partial charge on any atom is -0.493 e. The molecule has 108 valence electrons. The number of sulfonamides is 1. The molecule has 0 radical (unpaired) electrons. The van der Waals surface area contributed by atoms with Gasteiger partial charge in [-0.25, -0.2) is 13.1 Å². The van der Waals surface area contributed by atoms with E-state index in [2.05, 4.69) is 4.72 Å². The summed E-state index contributed by atoms with van der Waals surface area (Å²) in [5.74, 6) is 0.740. The van der Waals surface area contributed by atoms with Crippen LogP contribution < -0.4 is 9.46 Å². The van der Waals surface area contributed by atoms with E-state index in [4.69, 9.17) is 4.74 Å². The second-order valence-corrected chi connectivity index (χ2v) is 6.42. The van der Waals surface area contributed by atoms with Gasteiger partial charge in [0, 0.05) is 6.04 Å². The highest BCUT2D eigenvalue weighted by molar-refractivity contribution is 7.89. The quantitative estimate of drug-likeness (QED) is 0.838. The van der Waals surface area contributed by atoms with Gasteiger partial charge in [-0.2, -0.15) is 0 Å². The van der Waals surface area contributed by atoms with Crippen molar-refractivity contribution < 1.29 is 13.2 Å². The predicted octanol–water partition coefficient (Wildman–Crippen LogP) is 2.86. The van der Waals surface area contributed by atoms with Crippen LogP contribution >= 0.6 is 0 Å². The molecule has 0 aliphatic rings. The number of nitrogens with one attached hydrogen (secondary N) is 1. The van der Waals surface area contributed by atoms with Crippen molar-refractivity contribution >= 4 is 10.0 Å². The second kappa shape index (κ2) is 6.91. The molecular formula is C14H23NO3S. The first kappa shape index (κ1) is 16.0. The third-order valence-electron chi connectivity index (χ3n) is 2.89. The van der Waals surface area contributed by atoms with Crippen LogP contribution in [-0.4, -0.2) is 21.1 Å². The number of hydrogen-bond acceptors (Lipinski definition) is 3. The largest absolute Gasteiger partial charge is 0.493 e. The maximum absolute atomic E-state index is 12.1. The maximum atomic E-state index is 12.1. The van der Waals surface area contributed by atoms with Crippen molar-refractivity contribution in [2.24, 2.45) is 0 Å². The van der Waals surface area contributed by atoms with Crippen molar-refractivity contribution in [3.05, 3.63) is 23.8 Å². The zero-order valence-corrected chi connectivity index (χ0v) is 12.9. The van der Waals surface area contributed by atoms with Crippen molar-refractivity contribution in [1.82, 2.24) is 4.72 Å². The monoisotopic (exact) mass is 285 g/mol. The summed E-state index contributed by atoms with van der Waals surface area (Å²) in [4.78, 5) is 0.286. The molecule has 0 heterocycles. The highest BCUT2D eigenvalue weighted by atomic mass is 32.2. The van der Waals surface area contributed by atoms with E-state index in [0.717, 1.165) is 24.2 Å². The van der Waals surface area contributed by atoms with Crippen molar-refractivity contribution in [2.45, 2.75) is 51.5 Å². The highest BCUT2D eigenvalue weighted by Gasteiger charge is 2.17. The third-order valence-corrected chi connectivity index (χ3v) is 4.47. The molecule has 1 aromatic rings. The minimum atomic E-state index is -3.44. The van der Waals surface area contributed by atoms with Crippen molar-refractivity contribution in [2.75, 3.05) is 6.61 Å². The molecule has 0 unspecified atom stereocenters. The lowest BCUT2D eigenvalue weighted by Crippen LogP contribution is -2.32. The Morgan fingerprint density at radius 1 is 1.32 bits per heavy atom. The first-order valence-electron chi connectivity index (χ1n) is 6.66. The number of ether oxygens (including phenoxy) is 1. The van der Waals surface area contributed by atoms with Crippen LogP contribution in [0.25, 0.3) is 0 Å². The number of rotatable bonds is 7. The fourth-order valence-corrected chi connectivity index (χ4v) is 2.99. The topological polar surface area (TPSA) is 55.4 Å². The Morgan fingerprint density at radius 3 is 2.53 bits per heavy atom. The van der Waals surface area contributed by atoms with Crippen LogP contribution in [0.15, 0.2) is 23.1 Å². The number of aryl methyl sites for hydroxylation is 1. The van der Waals surface area contributed by atoms with E-state index in [0.29, 0.717) is 6.61 Å². The van der Waals surface area contributed by atoms with Crippen LogP contribution in [0, 0.1) is 6.92 Å². The molecule has 0 aliphatic carbocycles. The summed E-state index contributed by atoms with van der Waals surface area (Å²) in [6, 6.07) is 4.88. The van der Waals surface area contributed by atoms with Crippen LogP contribution in [0.3, 0.4) is 0 Å². The van der Waals surface area contributed by atoms with Gasteiger partial charge in [0.25, 0.3) is 0 Å². The molecule has 1 aromatic carbocycles. The molecule has 1 rings (SSSR count). The van der Waals surface area contributed by atoms with E-state index in [1.807, 2.05) is 27.7 Å². The average molecular weight is 285 g/mol. The van der Waals surface area contributed by atoms with Gasteiger partial charge in [-0.05, 0) is 50.5 Å². The predicted molar refractivity (Wildman–Crippen MR) is 77.0 cm³/mol. The maximum Gasteiger partial charge on any atom is 0.240 e. The van der Waals surface area contributed by atoms with E-state index in [9.17, 15) is 8.42 Å². The molecule has 0 saturated carbocycles. The minimum absolute atomic E-state index is 0.0682. The van der Waals surface area contributed by atoms with Crippen molar-refractivity contribution in [3.63, 3.8) is 0 Å². The molecule has 1 N–H and O–H groups in total. The van der Waals surface area contributed by atoms with E-state index >= 15 is 0 Å². The molecule has 0 fully saturated rings. The smallest absolute Gasteiger partial charge is 0.240 e. The van der Waals surface area contributed by atoms with E-state index in [1.165, 1.54) is 0 Å². The zero-order valence-electron chi connectivity index (χ0n) is 12.1. The summed E-state index contributed by atoms with van der Waals surface area (Å²) in [5, 5.41) is 0. The molecule has 5 heteroatoms. The van der Waals surface area contributed by atoms with Gasteiger partial charge in [0.2, 0.25) is 10.0 Å². The highest BCUT2D eigenvalue weighted by Crippen LogP contribution is 2.22. The van der Waals surface area contributed by atoms with E-state index in [-0.39, 0.29) is 10.9 Å². The summed E-state index contributed by atoms with van der Waals surface area (Å²) in [6.07, 6.45) is 1.69. The van der Waals surface area contributed by atoms with Crippen molar-refractivity contribution in [3.8, 4) is 5.75 Å². The first-order valence-corrected chi connectivity index (χ1v) is 8.14. The molecule has 1 atom stereocenters. The second-order valence-electron chi connectivity index (χ2n) is 4.71. The van der Waals surface area contributed by atoms with Gasteiger partial charge in [-0.3, -0.25) is 0 Å². The van der Waals surface area contributed by atoms with Crippen LogP contribution in [0.2, 0.25) is 0 Å². The van der Waals surface area contributed by atoms with E-state index < -0.39 is 10.0 Å². The zero-order chi connectivity index (χ0) is 14.5. The Morgan fingerprint density at radius 2 is 2.00 bits per heavy atom. The molecular weight excluding hydrogens is 262 g/mol. The van der Waals surface area contributed by atoms with E-state index in [1.54, 1.807) is 18.2 Å². The van der Waals surface area contributed by atoms with Gasteiger partial charge in [0.1, 0.15) is 5.75 Å². The summed E-state index contributed by atoms with van der Waals surface area (Å²) in [7, 11) is -3.44. The molecule has 19 heavy (non-hydrogen) atoms. The first-order chi connectivity index (χ1) is 8.90. The Labute approximate surface area is 116 Å². The summed E-state index contributed by atoms with van der Waals surface area (Å²) in [6.45, 7) is 8.32. The lowest BCUT2D eigenvalue weighted by molar-refractivity contribution is 0.315. The van der Waals surface area contributed by atoms with Gasteiger partial charge in [-0.1, -0.05) is 13.8 Å². The lowest BCUT2D eigenvalue weighted by atomic mass is 10.2. The molecule has 4 nitrogen and oxygen atoms in total. The molecule has 0 aromatic heterocycles. The summed E-state index contributed by atoms with van der Waals surface area (Å²) in [5.41, 5.74) is 0.834. The Hall–Kier alpha value is -1.07. The SMILES string of the molecule is CCCOc1ccc(S(=O)(=O)N[C@@H](C)CC)cc1C. The van der Waals surface area contributed by atoms with Crippen molar-refractivity contribution in [1.29, 1.82) is 0 Å². The molecule has 0 saturated heterocycles. The number of hydrogen-bond donors (Lipinski definition) is 1. The average Bonchev–Trinajstić information content (AvgIpc) is 2.36. The summed E-state index contributed by atoms with van der Waals surface area (Å²) < 4.78 is 32.4. The Bertz CT molecular complexity index is 511. The van der Waals surface area contributed by atoms with Crippen LogP contribution in [0.4, 0.5) is 0 Å². The van der Waals surface area contributed by atoms with Gasteiger partial charge in [0.05, 0.1) is 11.5 Å². The third kappa shape index (κ3) is 4.51. The fraction of sp³-hybridized carbons (Fsp3) is 0.571. The molecule has 0 spiro atoms. The molecule has 0 amide bonds. The lowest BCUT2D eigenvalue weighted by Gasteiger charge is -2.14. The van der Waals surface area contributed by atoms with Crippen LogP contribution in [0.1, 0.15) is 39.2 Å². The fourth-order valence-electron chi connectivity index (χ4n) is 1.58. The Balaban J connectivity index is 2.93. The van der Waals surface area contributed by atoms with Gasteiger partial charge in [0.15, 0.2) is 0 Å².